The molecule has 2 aromatic rings. The Labute approximate surface area is 112 Å². The summed E-state index contributed by atoms with van der Waals surface area (Å²) in [6.45, 7) is 3.70. The molecule has 0 atom stereocenters. The average Bonchev–Trinajstić information content (AvgIpc) is 2.40. The van der Waals surface area contributed by atoms with Gasteiger partial charge in [-0.15, -0.1) is 0 Å². The van der Waals surface area contributed by atoms with E-state index in [-0.39, 0.29) is 11.8 Å². The number of aromatic nitrogens is 1. The lowest BCUT2D eigenvalue weighted by molar-refractivity contribution is -0.118. The van der Waals surface area contributed by atoms with Crippen LogP contribution in [0.5, 0.6) is 0 Å². The lowest BCUT2D eigenvalue weighted by atomic mass is 10.1. The van der Waals surface area contributed by atoms with E-state index in [0.717, 1.165) is 5.56 Å². The molecule has 0 fully saturated rings. The second-order valence-electron chi connectivity index (χ2n) is 4.63. The molecular weight excluding hydrogens is 238 g/mol. The van der Waals surface area contributed by atoms with Gasteiger partial charge in [0.15, 0.2) is 0 Å². The Balaban J connectivity index is 2.42. The van der Waals surface area contributed by atoms with E-state index in [0.29, 0.717) is 17.1 Å². The molecule has 1 aromatic carbocycles. The minimum absolute atomic E-state index is 0.0382. The highest BCUT2D eigenvalue weighted by molar-refractivity contribution is 5.96. The molecule has 0 bridgehead atoms. The Morgan fingerprint density at radius 2 is 1.95 bits per heavy atom. The summed E-state index contributed by atoms with van der Waals surface area (Å²) in [5.41, 5.74) is 8.79. The van der Waals surface area contributed by atoms with Crippen molar-refractivity contribution < 1.29 is 4.79 Å². The van der Waals surface area contributed by atoms with Gasteiger partial charge in [0.05, 0.1) is 11.4 Å². The topological polar surface area (TPSA) is 68.0 Å². The van der Waals surface area contributed by atoms with Gasteiger partial charge in [0.1, 0.15) is 0 Å². The van der Waals surface area contributed by atoms with Gasteiger partial charge in [-0.2, -0.15) is 0 Å². The van der Waals surface area contributed by atoms with E-state index in [2.05, 4.69) is 10.3 Å². The number of hydrogen-bond acceptors (Lipinski definition) is 3. The zero-order valence-electron chi connectivity index (χ0n) is 11.1. The number of benzene rings is 1. The highest BCUT2D eigenvalue weighted by Crippen LogP contribution is 2.29. The second kappa shape index (κ2) is 5.52. The average molecular weight is 255 g/mol. The minimum atomic E-state index is -0.0822. The van der Waals surface area contributed by atoms with Gasteiger partial charge in [-0.25, -0.2) is 0 Å². The van der Waals surface area contributed by atoms with E-state index in [1.54, 1.807) is 12.3 Å². The molecule has 0 aliphatic carbocycles. The first-order valence-electron chi connectivity index (χ1n) is 6.20. The third-order valence-corrected chi connectivity index (χ3v) is 2.81. The molecule has 4 heteroatoms. The first-order valence-corrected chi connectivity index (χ1v) is 6.20. The second-order valence-corrected chi connectivity index (χ2v) is 4.63. The summed E-state index contributed by atoms with van der Waals surface area (Å²) >= 11 is 0. The molecule has 0 radical (unpaired) electrons. The van der Waals surface area contributed by atoms with Crippen LogP contribution in [0.4, 0.5) is 11.4 Å². The van der Waals surface area contributed by atoms with E-state index in [1.807, 2.05) is 44.2 Å². The van der Waals surface area contributed by atoms with Crippen molar-refractivity contribution in [3.05, 3.63) is 42.6 Å². The van der Waals surface area contributed by atoms with Crippen molar-refractivity contribution in [1.82, 2.24) is 4.98 Å². The fourth-order valence-corrected chi connectivity index (χ4v) is 1.71. The lowest BCUT2D eigenvalue weighted by Crippen LogP contribution is -2.18. The number of carbonyl (C=O) groups is 1. The maximum absolute atomic E-state index is 11.8. The SMILES string of the molecule is CC(C)C(=O)Nc1cccnc1-c1ccccc1N. The number of amides is 1. The third-order valence-electron chi connectivity index (χ3n) is 2.81. The zero-order valence-corrected chi connectivity index (χ0v) is 11.1. The molecule has 1 amide bonds. The van der Waals surface area contributed by atoms with Gasteiger partial charge in [0.2, 0.25) is 5.91 Å². The van der Waals surface area contributed by atoms with E-state index in [1.165, 1.54) is 0 Å². The largest absolute Gasteiger partial charge is 0.398 e. The summed E-state index contributed by atoms with van der Waals surface area (Å²) in [5.74, 6) is -0.120. The number of anilines is 2. The maximum Gasteiger partial charge on any atom is 0.226 e. The normalized spacial score (nSPS) is 10.5. The molecule has 1 heterocycles. The van der Waals surface area contributed by atoms with Crippen LogP contribution in [-0.2, 0) is 4.79 Å². The maximum atomic E-state index is 11.8. The van der Waals surface area contributed by atoms with Crippen LogP contribution in [0.1, 0.15) is 13.8 Å². The van der Waals surface area contributed by atoms with E-state index in [4.69, 9.17) is 5.73 Å². The number of nitrogens with zero attached hydrogens (tertiary/aromatic N) is 1. The van der Waals surface area contributed by atoms with Crippen molar-refractivity contribution >= 4 is 17.3 Å². The smallest absolute Gasteiger partial charge is 0.226 e. The molecule has 3 N–H and O–H groups in total. The van der Waals surface area contributed by atoms with Crippen LogP contribution in [0.25, 0.3) is 11.3 Å². The quantitative estimate of drug-likeness (QED) is 0.828. The van der Waals surface area contributed by atoms with Crippen molar-refractivity contribution in [2.75, 3.05) is 11.1 Å². The number of para-hydroxylation sites is 1. The molecule has 19 heavy (non-hydrogen) atoms. The summed E-state index contributed by atoms with van der Waals surface area (Å²) in [5, 5.41) is 2.88. The van der Waals surface area contributed by atoms with E-state index < -0.39 is 0 Å². The molecule has 0 unspecified atom stereocenters. The molecule has 0 aliphatic rings. The fourth-order valence-electron chi connectivity index (χ4n) is 1.71. The number of pyridine rings is 1. The van der Waals surface area contributed by atoms with Gasteiger partial charge < -0.3 is 11.1 Å². The molecule has 0 saturated heterocycles. The summed E-state index contributed by atoms with van der Waals surface area (Å²) in [7, 11) is 0. The first-order chi connectivity index (χ1) is 9.09. The summed E-state index contributed by atoms with van der Waals surface area (Å²) in [4.78, 5) is 16.1. The van der Waals surface area contributed by atoms with Gasteiger partial charge in [-0.05, 0) is 18.2 Å². The predicted octanol–water partition coefficient (Wildman–Crippen LogP) is 2.93. The number of nitrogen functional groups attached to an aromatic ring is 1. The van der Waals surface area contributed by atoms with Crippen molar-refractivity contribution in [2.24, 2.45) is 5.92 Å². The Bertz CT molecular complexity index is 593. The van der Waals surface area contributed by atoms with Crippen LogP contribution in [0.15, 0.2) is 42.6 Å². The Morgan fingerprint density at radius 1 is 1.21 bits per heavy atom. The number of rotatable bonds is 3. The molecule has 0 spiro atoms. The van der Waals surface area contributed by atoms with Crippen LogP contribution in [0.3, 0.4) is 0 Å². The van der Waals surface area contributed by atoms with Gasteiger partial charge in [0.25, 0.3) is 0 Å². The molecular formula is C15H17N3O. The Kier molecular flexibility index (Phi) is 3.80. The predicted molar refractivity (Wildman–Crippen MR) is 77.6 cm³/mol. The molecule has 1 aromatic heterocycles. The fraction of sp³-hybridized carbons (Fsp3) is 0.200. The van der Waals surface area contributed by atoms with Crippen molar-refractivity contribution in [3.8, 4) is 11.3 Å². The molecule has 0 saturated carbocycles. The lowest BCUT2D eigenvalue weighted by Gasteiger charge is -2.13. The molecule has 0 aliphatic heterocycles. The highest BCUT2D eigenvalue weighted by Gasteiger charge is 2.13. The number of hydrogen-bond donors (Lipinski definition) is 2. The minimum Gasteiger partial charge on any atom is -0.398 e. The number of nitrogens with two attached hydrogens (primary N) is 1. The van der Waals surface area contributed by atoms with Crippen LogP contribution >= 0.6 is 0 Å². The standard InChI is InChI=1S/C15H17N3O/c1-10(2)15(19)18-13-8-5-9-17-14(13)11-6-3-4-7-12(11)16/h3-10H,16H2,1-2H3,(H,18,19). The van der Waals surface area contributed by atoms with Crippen molar-refractivity contribution in [1.29, 1.82) is 0 Å². The zero-order chi connectivity index (χ0) is 13.8. The van der Waals surface area contributed by atoms with Gasteiger partial charge >= 0.3 is 0 Å². The van der Waals surface area contributed by atoms with E-state index in [9.17, 15) is 4.79 Å². The van der Waals surface area contributed by atoms with Gasteiger partial charge in [0, 0.05) is 23.4 Å². The van der Waals surface area contributed by atoms with Crippen LogP contribution < -0.4 is 11.1 Å². The number of carbonyl (C=O) groups excluding carboxylic acids is 1. The number of nitrogens with one attached hydrogen (secondary N) is 1. The first kappa shape index (κ1) is 13.1. The Morgan fingerprint density at radius 3 is 2.63 bits per heavy atom. The van der Waals surface area contributed by atoms with Crippen molar-refractivity contribution in [3.63, 3.8) is 0 Å². The summed E-state index contributed by atoms with van der Waals surface area (Å²) in [6.07, 6.45) is 1.69. The van der Waals surface area contributed by atoms with Crippen molar-refractivity contribution in [2.45, 2.75) is 13.8 Å². The molecule has 4 nitrogen and oxygen atoms in total. The summed E-state index contributed by atoms with van der Waals surface area (Å²) in [6, 6.07) is 11.1. The monoisotopic (exact) mass is 255 g/mol. The van der Waals surface area contributed by atoms with E-state index >= 15 is 0 Å². The van der Waals surface area contributed by atoms with Gasteiger partial charge in [-0.3, -0.25) is 9.78 Å². The summed E-state index contributed by atoms with van der Waals surface area (Å²) < 4.78 is 0. The van der Waals surface area contributed by atoms with Crippen LogP contribution in [0.2, 0.25) is 0 Å². The Hall–Kier alpha value is -2.36. The highest BCUT2D eigenvalue weighted by atomic mass is 16.1. The van der Waals surface area contributed by atoms with Crippen LogP contribution in [-0.4, -0.2) is 10.9 Å². The molecule has 98 valence electrons. The third kappa shape index (κ3) is 2.91. The van der Waals surface area contributed by atoms with Crippen LogP contribution in [0, 0.1) is 5.92 Å². The molecule has 2 rings (SSSR count). The van der Waals surface area contributed by atoms with Gasteiger partial charge in [-0.1, -0.05) is 32.0 Å².